The summed E-state index contributed by atoms with van der Waals surface area (Å²) in [5.74, 6) is 0.478. The molecule has 0 spiro atoms. The molecule has 2 rings (SSSR count). The molecule has 0 aliphatic heterocycles. The van der Waals surface area contributed by atoms with Crippen LogP contribution in [-0.2, 0) is 0 Å². The van der Waals surface area contributed by atoms with Gasteiger partial charge in [0.15, 0.2) is 0 Å². The highest BCUT2D eigenvalue weighted by Crippen LogP contribution is 2.31. The van der Waals surface area contributed by atoms with Crippen molar-refractivity contribution >= 4 is 28.7 Å². The lowest BCUT2D eigenvalue weighted by molar-refractivity contribution is 1.11. The van der Waals surface area contributed by atoms with E-state index >= 15 is 0 Å². The minimum Gasteiger partial charge on any atom is -0.325 e. The Morgan fingerprint density at radius 3 is 2.82 bits per heavy atom. The first-order valence-corrected chi connectivity index (χ1v) is 6.16. The molecular weight excluding hydrogens is 234 g/mol. The fraction of sp³-hybridized carbons (Fsp3) is 0.385. The molecule has 90 valence electrons. The normalized spacial score (nSPS) is 16.0. The average molecular weight is 250 g/mol. The number of hydrogen-bond acceptors (Lipinski definition) is 3. The number of benzene rings is 1. The van der Waals surface area contributed by atoms with Crippen molar-refractivity contribution < 1.29 is 0 Å². The van der Waals surface area contributed by atoms with E-state index < -0.39 is 0 Å². The summed E-state index contributed by atoms with van der Waals surface area (Å²) in [7, 11) is 0. The topological polar surface area (TPSA) is 62.2 Å². The van der Waals surface area contributed by atoms with Gasteiger partial charge in [-0.05, 0) is 37.0 Å². The summed E-state index contributed by atoms with van der Waals surface area (Å²) in [4.78, 5) is 4.45. The lowest BCUT2D eigenvalue weighted by Gasteiger charge is -2.05. The minimum atomic E-state index is 0.390. The van der Waals surface area contributed by atoms with Crippen molar-refractivity contribution in [2.24, 2.45) is 16.6 Å². The molecule has 4 heteroatoms. The molecule has 0 aromatic heterocycles. The van der Waals surface area contributed by atoms with Crippen LogP contribution >= 0.6 is 11.6 Å². The van der Waals surface area contributed by atoms with Crippen molar-refractivity contribution in [2.75, 3.05) is 6.54 Å². The number of rotatable bonds is 5. The molecule has 1 aromatic carbocycles. The lowest BCUT2D eigenvalue weighted by Crippen LogP contribution is -2.18. The van der Waals surface area contributed by atoms with Crippen LogP contribution in [0.4, 0.5) is 5.69 Å². The van der Waals surface area contributed by atoms with Gasteiger partial charge in [-0.15, -0.1) is 0 Å². The second kappa shape index (κ2) is 5.43. The molecule has 0 saturated heterocycles. The van der Waals surface area contributed by atoms with Crippen LogP contribution in [0.25, 0.3) is 0 Å². The quantitative estimate of drug-likeness (QED) is 0.774. The maximum atomic E-state index is 7.89. The molecule has 1 aliphatic carbocycles. The molecular formula is C13H16ClN3. The molecule has 0 heterocycles. The van der Waals surface area contributed by atoms with Crippen LogP contribution in [0.1, 0.15) is 19.3 Å². The molecule has 0 unspecified atom stereocenters. The molecule has 0 amide bonds. The number of aliphatic imine (C=N–C) groups is 1. The van der Waals surface area contributed by atoms with E-state index in [9.17, 15) is 0 Å². The van der Waals surface area contributed by atoms with Gasteiger partial charge in [-0.25, -0.2) is 0 Å². The van der Waals surface area contributed by atoms with E-state index in [1.54, 1.807) is 6.07 Å². The van der Waals surface area contributed by atoms with Crippen LogP contribution in [0.15, 0.2) is 29.3 Å². The molecule has 1 saturated carbocycles. The summed E-state index contributed by atoms with van der Waals surface area (Å²) in [6.07, 6.45) is 2.88. The molecule has 0 radical (unpaired) electrons. The Hall–Kier alpha value is -1.19. The maximum Gasteiger partial charge on any atom is 0.0644 e. The molecule has 3 nitrogen and oxygen atoms in total. The number of halogens is 1. The summed E-state index contributed by atoms with van der Waals surface area (Å²) >= 11 is 5.89. The Kier molecular flexibility index (Phi) is 3.92. The van der Waals surface area contributed by atoms with Gasteiger partial charge in [0.05, 0.1) is 5.69 Å². The first-order valence-electron chi connectivity index (χ1n) is 5.78. The van der Waals surface area contributed by atoms with Gasteiger partial charge in [0.25, 0.3) is 0 Å². The molecule has 0 bridgehead atoms. The van der Waals surface area contributed by atoms with Crippen LogP contribution in [0, 0.1) is 11.3 Å². The number of nitrogens with two attached hydrogens (primary N) is 1. The van der Waals surface area contributed by atoms with Crippen LogP contribution < -0.4 is 5.73 Å². The van der Waals surface area contributed by atoms with Gasteiger partial charge in [0, 0.05) is 29.4 Å². The van der Waals surface area contributed by atoms with Gasteiger partial charge in [-0.2, -0.15) is 0 Å². The van der Waals surface area contributed by atoms with E-state index in [1.807, 2.05) is 18.2 Å². The molecule has 1 aliphatic rings. The number of hydrogen-bond donors (Lipinski definition) is 2. The molecule has 3 N–H and O–H groups in total. The Morgan fingerprint density at radius 2 is 2.24 bits per heavy atom. The fourth-order valence-electron chi connectivity index (χ4n) is 1.68. The first kappa shape index (κ1) is 12.3. The molecule has 1 fully saturated rings. The van der Waals surface area contributed by atoms with Crippen molar-refractivity contribution in [3.05, 3.63) is 29.3 Å². The Balaban J connectivity index is 2.08. The Morgan fingerprint density at radius 1 is 1.47 bits per heavy atom. The van der Waals surface area contributed by atoms with Gasteiger partial charge in [-0.1, -0.05) is 17.7 Å². The lowest BCUT2D eigenvalue weighted by atomic mass is 10.1. The maximum absolute atomic E-state index is 7.89. The van der Waals surface area contributed by atoms with E-state index in [1.165, 1.54) is 0 Å². The highest BCUT2D eigenvalue weighted by molar-refractivity contribution is 6.30. The van der Waals surface area contributed by atoms with Crippen molar-refractivity contribution in [1.82, 2.24) is 0 Å². The third kappa shape index (κ3) is 3.65. The van der Waals surface area contributed by atoms with Gasteiger partial charge in [0.2, 0.25) is 0 Å². The SMILES string of the molecule is N=C(CC(CN)=Nc1cccc(Cl)c1)C1CC1. The van der Waals surface area contributed by atoms with Gasteiger partial charge in [-0.3, -0.25) is 4.99 Å². The Labute approximate surface area is 106 Å². The first-order chi connectivity index (χ1) is 8.19. The van der Waals surface area contributed by atoms with Gasteiger partial charge >= 0.3 is 0 Å². The summed E-state index contributed by atoms with van der Waals surface area (Å²) in [5.41, 5.74) is 8.09. The third-order valence-electron chi connectivity index (χ3n) is 2.80. The fourth-order valence-corrected chi connectivity index (χ4v) is 1.87. The molecule has 17 heavy (non-hydrogen) atoms. The highest BCUT2D eigenvalue weighted by atomic mass is 35.5. The predicted molar refractivity (Wildman–Crippen MR) is 72.7 cm³/mol. The van der Waals surface area contributed by atoms with Crippen molar-refractivity contribution in [2.45, 2.75) is 19.3 Å². The van der Waals surface area contributed by atoms with E-state index in [4.69, 9.17) is 22.7 Å². The van der Waals surface area contributed by atoms with Crippen LogP contribution in [0.5, 0.6) is 0 Å². The standard InChI is InChI=1S/C13H16ClN3/c14-10-2-1-3-11(6-10)17-12(8-15)7-13(16)9-4-5-9/h1-3,6,9,16H,4-5,7-8,15H2. The summed E-state index contributed by atoms with van der Waals surface area (Å²) in [6, 6.07) is 7.37. The van der Waals surface area contributed by atoms with Gasteiger partial charge < -0.3 is 11.1 Å². The predicted octanol–water partition coefficient (Wildman–Crippen LogP) is 3.19. The second-order valence-electron chi connectivity index (χ2n) is 4.34. The van der Waals surface area contributed by atoms with Crippen molar-refractivity contribution in [3.8, 4) is 0 Å². The molecule has 1 aromatic rings. The van der Waals surface area contributed by atoms with E-state index in [0.717, 1.165) is 30.0 Å². The second-order valence-corrected chi connectivity index (χ2v) is 4.77. The van der Waals surface area contributed by atoms with E-state index in [0.29, 0.717) is 23.9 Å². The third-order valence-corrected chi connectivity index (χ3v) is 3.03. The zero-order chi connectivity index (χ0) is 12.3. The number of nitrogens with zero attached hydrogens (tertiary/aromatic N) is 1. The average Bonchev–Trinajstić information content (AvgIpc) is 3.12. The highest BCUT2D eigenvalue weighted by Gasteiger charge is 2.26. The minimum absolute atomic E-state index is 0.390. The Bertz CT molecular complexity index is 450. The monoisotopic (exact) mass is 249 g/mol. The van der Waals surface area contributed by atoms with Crippen LogP contribution in [-0.4, -0.2) is 18.0 Å². The van der Waals surface area contributed by atoms with Crippen LogP contribution in [0.3, 0.4) is 0 Å². The summed E-state index contributed by atoms with van der Waals surface area (Å²) in [5, 5.41) is 8.55. The van der Waals surface area contributed by atoms with E-state index in [2.05, 4.69) is 4.99 Å². The zero-order valence-electron chi connectivity index (χ0n) is 9.62. The zero-order valence-corrected chi connectivity index (χ0v) is 10.4. The molecule has 0 atom stereocenters. The van der Waals surface area contributed by atoms with Crippen molar-refractivity contribution in [1.29, 1.82) is 5.41 Å². The van der Waals surface area contributed by atoms with E-state index in [-0.39, 0.29) is 0 Å². The van der Waals surface area contributed by atoms with Gasteiger partial charge in [0.1, 0.15) is 0 Å². The van der Waals surface area contributed by atoms with Crippen molar-refractivity contribution in [3.63, 3.8) is 0 Å². The largest absolute Gasteiger partial charge is 0.325 e. The summed E-state index contributed by atoms with van der Waals surface area (Å²) in [6.45, 7) is 0.390. The smallest absolute Gasteiger partial charge is 0.0644 e. The van der Waals surface area contributed by atoms with Crippen LogP contribution in [0.2, 0.25) is 5.02 Å². The number of nitrogens with one attached hydrogen (secondary N) is 1. The summed E-state index contributed by atoms with van der Waals surface area (Å²) < 4.78 is 0.